The quantitative estimate of drug-likeness (QED) is 0.796. The molecular weight excluding hydrogens is 294 g/mol. The molecule has 0 amide bonds. The molecule has 0 unspecified atom stereocenters. The number of aliphatic hydroxyl groups excluding tert-OH is 1. The molecule has 1 saturated heterocycles. The highest BCUT2D eigenvalue weighted by atomic mass is 16.5. The maximum atomic E-state index is 10.8. The summed E-state index contributed by atoms with van der Waals surface area (Å²) in [5.74, 6) is 2.04. The Morgan fingerprint density at radius 1 is 1.26 bits per heavy atom. The number of ether oxygens (including phenoxy) is 3. The maximum Gasteiger partial charge on any atom is 0.124 e. The minimum Gasteiger partial charge on any atom is -0.497 e. The minimum absolute atomic E-state index is 0.581. The lowest BCUT2D eigenvalue weighted by molar-refractivity contribution is 0.0921. The van der Waals surface area contributed by atoms with Crippen molar-refractivity contribution < 1.29 is 19.3 Å². The molecule has 1 aromatic carbocycles. The second-order valence-electron chi connectivity index (χ2n) is 6.54. The summed E-state index contributed by atoms with van der Waals surface area (Å²) < 4.78 is 16.2. The summed E-state index contributed by atoms with van der Waals surface area (Å²) in [6, 6.07) is 6.18. The first-order chi connectivity index (χ1) is 11.2. The SMILES string of the molecule is COc1ccc(OC)c([C@H](O)CN(C[C@@H]2CCOC2)C2CC2)c1. The third-order valence-electron chi connectivity index (χ3n) is 4.78. The molecule has 2 aliphatic rings. The van der Waals surface area contributed by atoms with E-state index in [1.807, 2.05) is 18.2 Å². The molecule has 3 rings (SSSR count). The molecule has 23 heavy (non-hydrogen) atoms. The Hall–Kier alpha value is -1.30. The third-order valence-corrected chi connectivity index (χ3v) is 4.78. The van der Waals surface area contributed by atoms with E-state index in [-0.39, 0.29) is 0 Å². The molecule has 1 heterocycles. The van der Waals surface area contributed by atoms with Crippen molar-refractivity contribution in [3.63, 3.8) is 0 Å². The molecular formula is C18H27NO4. The fraction of sp³-hybridized carbons (Fsp3) is 0.667. The summed E-state index contributed by atoms with van der Waals surface area (Å²) in [6.07, 6.45) is 3.01. The molecule has 5 nitrogen and oxygen atoms in total. The molecule has 128 valence electrons. The van der Waals surface area contributed by atoms with Gasteiger partial charge in [-0.25, -0.2) is 0 Å². The Bertz CT molecular complexity index is 512. The number of benzene rings is 1. The normalized spacial score (nSPS) is 22.3. The molecule has 2 atom stereocenters. The van der Waals surface area contributed by atoms with Gasteiger partial charge >= 0.3 is 0 Å². The standard InChI is InChI=1S/C18H27NO4/c1-21-15-5-6-18(22-2)16(9-15)17(20)11-19(14-3-4-14)10-13-7-8-23-12-13/h5-6,9,13-14,17,20H,3-4,7-8,10-12H2,1-2H3/t13-,17+/m0/s1. The van der Waals surface area contributed by atoms with Crippen molar-refractivity contribution in [3.05, 3.63) is 23.8 Å². The van der Waals surface area contributed by atoms with Crippen LogP contribution in [0.5, 0.6) is 11.5 Å². The van der Waals surface area contributed by atoms with Gasteiger partial charge in [0.25, 0.3) is 0 Å². The first-order valence-electron chi connectivity index (χ1n) is 8.43. The van der Waals surface area contributed by atoms with Crippen molar-refractivity contribution in [2.75, 3.05) is 40.5 Å². The molecule has 1 aliphatic carbocycles. The fourth-order valence-corrected chi connectivity index (χ4v) is 3.29. The second-order valence-corrected chi connectivity index (χ2v) is 6.54. The van der Waals surface area contributed by atoms with Crippen molar-refractivity contribution in [2.45, 2.75) is 31.4 Å². The van der Waals surface area contributed by atoms with E-state index in [9.17, 15) is 5.11 Å². The number of hydrogen-bond donors (Lipinski definition) is 1. The Balaban J connectivity index is 1.69. The van der Waals surface area contributed by atoms with Gasteiger partial charge in [0.05, 0.1) is 26.9 Å². The summed E-state index contributed by atoms with van der Waals surface area (Å²) in [5.41, 5.74) is 0.792. The highest BCUT2D eigenvalue weighted by Gasteiger charge is 2.33. The van der Waals surface area contributed by atoms with Gasteiger partial charge in [-0.15, -0.1) is 0 Å². The van der Waals surface area contributed by atoms with E-state index >= 15 is 0 Å². The van der Waals surface area contributed by atoms with Crippen LogP contribution in [0.4, 0.5) is 0 Å². The lowest BCUT2D eigenvalue weighted by Crippen LogP contribution is -2.35. The van der Waals surface area contributed by atoms with Crippen LogP contribution >= 0.6 is 0 Å². The van der Waals surface area contributed by atoms with Crippen molar-refractivity contribution in [3.8, 4) is 11.5 Å². The van der Waals surface area contributed by atoms with E-state index < -0.39 is 6.10 Å². The van der Waals surface area contributed by atoms with Gasteiger partial charge in [-0.2, -0.15) is 0 Å². The first-order valence-corrected chi connectivity index (χ1v) is 8.43. The largest absolute Gasteiger partial charge is 0.497 e. The number of hydrogen-bond acceptors (Lipinski definition) is 5. The lowest BCUT2D eigenvalue weighted by atomic mass is 10.0. The highest BCUT2D eigenvalue weighted by molar-refractivity contribution is 5.41. The summed E-state index contributed by atoms with van der Waals surface area (Å²) in [5, 5.41) is 10.8. The number of rotatable bonds is 8. The van der Waals surface area contributed by atoms with Crippen LogP contribution in [0.15, 0.2) is 18.2 Å². The van der Waals surface area contributed by atoms with Crippen LogP contribution in [0.25, 0.3) is 0 Å². The Labute approximate surface area is 138 Å². The molecule has 1 saturated carbocycles. The van der Waals surface area contributed by atoms with E-state index in [4.69, 9.17) is 14.2 Å². The molecule has 1 aliphatic heterocycles. The molecule has 0 spiro atoms. The van der Waals surface area contributed by atoms with Crippen molar-refractivity contribution in [1.82, 2.24) is 4.90 Å². The van der Waals surface area contributed by atoms with E-state index in [0.29, 0.717) is 24.3 Å². The van der Waals surface area contributed by atoms with Crippen molar-refractivity contribution in [1.29, 1.82) is 0 Å². The van der Waals surface area contributed by atoms with E-state index in [1.54, 1.807) is 14.2 Å². The predicted octanol–water partition coefficient (Wildman–Crippen LogP) is 2.24. The van der Waals surface area contributed by atoms with E-state index in [2.05, 4.69) is 4.90 Å². The minimum atomic E-state index is -0.581. The zero-order chi connectivity index (χ0) is 16.2. The van der Waals surface area contributed by atoms with Gasteiger partial charge in [-0.1, -0.05) is 0 Å². The average molecular weight is 321 g/mol. The van der Waals surface area contributed by atoms with Crippen LogP contribution in [0.1, 0.15) is 30.9 Å². The molecule has 0 bridgehead atoms. The molecule has 2 fully saturated rings. The van der Waals surface area contributed by atoms with Crippen LogP contribution in [0.3, 0.4) is 0 Å². The van der Waals surface area contributed by atoms with E-state index in [1.165, 1.54) is 12.8 Å². The molecule has 0 radical (unpaired) electrons. The number of aliphatic hydroxyl groups is 1. The molecule has 5 heteroatoms. The van der Waals surface area contributed by atoms with Crippen molar-refractivity contribution >= 4 is 0 Å². The zero-order valence-corrected chi connectivity index (χ0v) is 14.0. The zero-order valence-electron chi connectivity index (χ0n) is 14.0. The topological polar surface area (TPSA) is 51.2 Å². The van der Waals surface area contributed by atoms with Gasteiger partial charge in [0.1, 0.15) is 11.5 Å². The summed E-state index contributed by atoms with van der Waals surface area (Å²) >= 11 is 0. The predicted molar refractivity (Wildman–Crippen MR) is 88.0 cm³/mol. The summed E-state index contributed by atoms with van der Waals surface area (Å²) in [7, 11) is 3.26. The summed E-state index contributed by atoms with van der Waals surface area (Å²) in [4.78, 5) is 2.42. The van der Waals surface area contributed by atoms with E-state index in [0.717, 1.165) is 37.5 Å². The second kappa shape index (κ2) is 7.51. The smallest absolute Gasteiger partial charge is 0.124 e. The first kappa shape index (κ1) is 16.6. The van der Waals surface area contributed by atoms with Crippen LogP contribution in [0.2, 0.25) is 0 Å². The van der Waals surface area contributed by atoms with Crippen LogP contribution in [-0.2, 0) is 4.74 Å². The van der Waals surface area contributed by atoms with Crippen LogP contribution in [-0.4, -0.2) is 56.6 Å². The van der Waals surface area contributed by atoms with Gasteiger partial charge in [-0.3, -0.25) is 4.90 Å². The highest BCUT2D eigenvalue weighted by Crippen LogP contribution is 2.34. The third kappa shape index (κ3) is 4.16. The summed E-state index contributed by atoms with van der Waals surface area (Å²) in [6.45, 7) is 3.36. The van der Waals surface area contributed by atoms with Gasteiger partial charge < -0.3 is 19.3 Å². The van der Waals surface area contributed by atoms with Crippen LogP contribution in [0, 0.1) is 5.92 Å². The van der Waals surface area contributed by atoms with Gasteiger partial charge in [0, 0.05) is 31.3 Å². The Morgan fingerprint density at radius 3 is 2.70 bits per heavy atom. The van der Waals surface area contributed by atoms with Gasteiger partial charge in [0.15, 0.2) is 0 Å². The van der Waals surface area contributed by atoms with Gasteiger partial charge in [-0.05, 0) is 43.4 Å². The monoisotopic (exact) mass is 321 g/mol. The van der Waals surface area contributed by atoms with Crippen molar-refractivity contribution in [2.24, 2.45) is 5.92 Å². The van der Waals surface area contributed by atoms with Gasteiger partial charge in [0.2, 0.25) is 0 Å². The number of methoxy groups -OCH3 is 2. The molecule has 0 aromatic heterocycles. The van der Waals surface area contributed by atoms with Crippen LogP contribution < -0.4 is 9.47 Å². The Morgan fingerprint density at radius 2 is 2.09 bits per heavy atom. The fourth-order valence-electron chi connectivity index (χ4n) is 3.29. The average Bonchev–Trinajstić information content (AvgIpc) is 3.31. The molecule has 1 aromatic rings. The Kier molecular flexibility index (Phi) is 5.41. The maximum absolute atomic E-state index is 10.8. The number of nitrogens with zero attached hydrogens (tertiary/aromatic N) is 1. The lowest BCUT2D eigenvalue weighted by Gasteiger charge is -2.28. The molecule has 1 N–H and O–H groups in total.